The summed E-state index contributed by atoms with van der Waals surface area (Å²) in [5.41, 5.74) is 1.03. The lowest BCUT2D eigenvalue weighted by molar-refractivity contribution is 0.0690. The van der Waals surface area contributed by atoms with Crippen molar-refractivity contribution in [1.29, 1.82) is 0 Å². The molecule has 0 radical (unpaired) electrons. The Bertz CT molecular complexity index is 648. The zero-order valence-electron chi connectivity index (χ0n) is 10.6. The first-order valence-corrected chi connectivity index (χ1v) is 5.73. The highest BCUT2D eigenvalue weighted by Crippen LogP contribution is 2.12. The Kier molecular flexibility index (Phi) is 3.74. The van der Waals surface area contributed by atoms with E-state index >= 15 is 0 Å². The number of aryl methyl sites for hydroxylation is 1. The van der Waals surface area contributed by atoms with Gasteiger partial charge < -0.3 is 10.4 Å². The lowest BCUT2D eigenvalue weighted by atomic mass is 10.1. The van der Waals surface area contributed by atoms with Crippen molar-refractivity contribution in [3.05, 3.63) is 59.2 Å². The minimum absolute atomic E-state index is 0.121. The van der Waals surface area contributed by atoms with Crippen LogP contribution in [0.5, 0.6) is 0 Å². The average molecular weight is 274 g/mol. The van der Waals surface area contributed by atoms with Gasteiger partial charge in [-0.3, -0.25) is 4.79 Å². The molecule has 0 saturated carbocycles. The first-order chi connectivity index (χ1) is 9.45. The summed E-state index contributed by atoms with van der Waals surface area (Å²) >= 11 is 0. The maximum absolute atomic E-state index is 13.2. The van der Waals surface area contributed by atoms with Crippen molar-refractivity contribution < 1.29 is 19.1 Å². The first-order valence-electron chi connectivity index (χ1n) is 5.73. The number of aromatic carboxylic acids is 1. The van der Waals surface area contributed by atoms with Crippen LogP contribution in [0.25, 0.3) is 0 Å². The van der Waals surface area contributed by atoms with Gasteiger partial charge in [-0.1, -0.05) is 0 Å². The molecule has 0 spiro atoms. The second-order valence-electron chi connectivity index (χ2n) is 4.21. The highest BCUT2D eigenvalue weighted by atomic mass is 19.1. The molecule has 0 aliphatic carbocycles. The molecule has 0 aliphatic heterocycles. The molecule has 6 heteroatoms. The number of halogens is 1. The normalized spacial score (nSPS) is 10.1. The van der Waals surface area contributed by atoms with E-state index in [9.17, 15) is 14.0 Å². The molecule has 2 N–H and O–H groups in total. The van der Waals surface area contributed by atoms with Crippen LogP contribution in [0.2, 0.25) is 0 Å². The topological polar surface area (TPSA) is 79.3 Å². The Labute approximate surface area is 114 Å². The molecule has 2 aromatic rings. The van der Waals surface area contributed by atoms with Crippen molar-refractivity contribution in [2.75, 3.05) is 5.32 Å². The number of carbonyl (C=O) groups excluding carboxylic acids is 1. The summed E-state index contributed by atoms with van der Waals surface area (Å²) in [6, 6.07) is 6.69. The zero-order valence-corrected chi connectivity index (χ0v) is 10.6. The van der Waals surface area contributed by atoms with E-state index in [1.807, 2.05) is 0 Å². The maximum atomic E-state index is 13.2. The largest absolute Gasteiger partial charge is 0.477 e. The van der Waals surface area contributed by atoms with Crippen LogP contribution in [0, 0.1) is 12.7 Å². The smallest absolute Gasteiger partial charge is 0.354 e. The number of pyridine rings is 1. The number of carbonyl (C=O) groups is 2. The van der Waals surface area contributed by atoms with Crippen molar-refractivity contribution in [3.8, 4) is 0 Å². The van der Waals surface area contributed by atoms with Crippen molar-refractivity contribution in [2.45, 2.75) is 6.92 Å². The van der Waals surface area contributed by atoms with E-state index in [0.29, 0.717) is 11.3 Å². The Morgan fingerprint density at radius 1 is 1.25 bits per heavy atom. The molecule has 1 aromatic heterocycles. The van der Waals surface area contributed by atoms with E-state index in [4.69, 9.17) is 5.11 Å². The number of nitrogens with zero attached hydrogens (tertiary/aromatic N) is 1. The summed E-state index contributed by atoms with van der Waals surface area (Å²) in [6.45, 7) is 1.68. The number of nitrogens with one attached hydrogen (secondary N) is 1. The van der Waals surface area contributed by atoms with Gasteiger partial charge in [-0.15, -0.1) is 0 Å². The first kappa shape index (κ1) is 13.7. The monoisotopic (exact) mass is 274 g/mol. The predicted octanol–water partition coefficient (Wildman–Crippen LogP) is 2.48. The number of rotatable bonds is 3. The van der Waals surface area contributed by atoms with Crippen LogP contribution in [-0.4, -0.2) is 22.0 Å². The molecule has 0 saturated heterocycles. The summed E-state index contributed by atoms with van der Waals surface area (Å²) < 4.78 is 13.2. The third kappa shape index (κ3) is 3.17. The maximum Gasteiger partial charge on any atom is 0.354 e. The van der Waals surface area contributed by atoms with Crippen LogP contribution in [0.3, 0.4) is 0 Å². The minimum atomic E-state index is -1.15. The lowest BCUT2D eigenvalue weighted by Crippen LogP contribution is -2.13. The van der Waals surface area contributed by atoms with E-state index in [1.54, 1.807) is 13.0 Å². The van der Waals surface area contributed by atoms with E-state index < -0.39 is 17.7 Å². The average Bonchev–Trinajstić information content (AvgIpc) is 2.38. The van der Waals surface area contributed by atoms with E-state index in [2.05, 4.69) is 10.3 Å². The summed E-state index contributed by atoms with van der Waals surface area (Å²) in [6.07, 6.45) is 1.23. The van der Waals surface area contributed by atoms with Crippen molar-refractivity contribution in [3.63, 3.8) is 0 Å². The molecule has 2 rings (SSSR count). The number of carboxylic acid groups (broad SMARTS) is 1. The van der Waals surface area contributed by atoms with Crippen molar-refractivity contribution >= 4 is 17.6 Å². The second-order valence-corrected chi connectivity index (χ2v) is 4.21. The second kappa shape index (κ2) is 5.48. The van der Waals surface area contributed by atoms with E-state index in [1.165, 1.54) is 24.4 Å². The van der Waals surface area contributed by atoms with Crippen LogP contribution < -0.4 is 5.32 Å². The van der Waals surface area contributed by atoms with Crippen molar-refractivity contribution in [2.24, 2.45) is 0 Å². The molecule has 1 amide bonds. The molecular weight excluding hydrogens is 263 g/mol. The van der Waals surface area contributed by atoms with Gasteiger partial charge in [0.2, 0.25) is 0 Å². The molecule has 5 nitrogen and oxygen atoms in total. The fourth-order valence-electron chi connectivity index (χ4n) is 1.67. The fraction of sp³-hybridized carbons (Fsp3) is 0.0714. The number of amides is 1. The van der Waals surface area contributed by atoms with Crippen LogP contribution in [0.4, 0.5) is 10.1 Å². The molecule has 1 heterocycles. The Balaban J connectivity index is 2.16. The molecule has 0 aliphatic rings. The third-order valence-electron chi connectivity index (χ3n) is 2.54. The quantitative estimate of drug-likeness (QED) is 0.901. The van der Waals surface area contributed by atoms with Crippen LogP contribution in [0.1, 0.15) is 26.4 Å². The number of carboxylic acids is 1. The number of hydrogen-bond acceptors (Lipinski definition) is 3. The molecule has 1 aromatic carbocycles. The standard InChI is InChI=1S/C14H11FN2O3/c1-8-4-9(6-10(15)5-8)13(18)17-11-2-3-12(14(19)20)16-7-11/h2-7H,1H3,(H,17,18)(H,19,20). The molecule has 102 valence electrons. The van der Waals surface area contributed by atoms with Crippen LogP contribution in [-0.2, 0) is 0 Å². The Morgan fingerprint density at radius 3 is 2.55 bits per heavy atom. The van der Waals surface area contributed by atoms with Gasteiger partial charge in [0, 0.05) is 5.56 Å². The molecule has 0 fully saturated rings. The van der Waals surface area contributed by atoms with Gasteiger partial charge in [0.15, 0.2) is 0 Å². The third-order valence-corrected chi connectivity index (χ3v) is 2.54. The van der Waals surface area contributed by atoms with E-state index in [0.717, 1.165) is 6.07 Å². The Hall–Kier alpha value is -2.76. The molecule has 0 bridgehead atoms. The van der Waals surface area contributed by atoms with Gasteiger partial charge in [-0.25, -0.2) is 14.2 Å². The number of benzene rings is 1. The summed E-state index contributed by atoms with van der Waals surface area (Å²) in [5, 5.41) is 11.2. The van der Waals surface area contributed by atoms with Gasteiger partial charge in [0.1, 0.15) is 11.5 Å². The molecular formula is C14H11FN2O3. The van der Waals surface area contributed by atoms with Crippen LogP contribution in [0.15, 0.2) is 36.5 Å². The minimum Gasteiger partial charge on any atom is -0.477 e. The Morgan fingerprint density at radius 2 is 2.00 bits per heavy atom. The number of aromatic nitrogens is 1. The summed E-state index contributed by atoms with van der Waals surface area (Å²) in [4.78, 5) is 26.2. The predicted molar refractivity (Wildman–Crippen MR) is 70.3 cm³/mol. The van der Waals surface area contributed by atoms with Crippen molar-refractivity contribution in [1.82, 2.24) is 4.98 Å². The van der Waals surface area contributed by atoms with Gasteiger partial charge in [0.25, 0.3) is 5.91 Å². The van der Waals surface area contributed by atoms with Gasteiger partial charge in [-0.05, 0) is 42.8 Å². The number of hydrogen-bond donors (Lipinski definition) is 2. The molecule has 0 unspecified atom stereocenters. The summed E-state index contributed by atoms with van der Waals surface area (Å²) in [7, 11) is 0. The van der Waals surface area contributed by atoms with Gasteiger partial charge in [-0.2, -0.15) is 0 Å². The highest BCUT2D eigenvalue weighted by molar-refractivity contribution is 6.04. The van der Waals surface area contributed by atoms with Gasteiger partial charge in [0.05, 0.1) is 11.9 Å². The lowest BCUT2D eigenvalue weighted by Gasteiger charge is -2.06. The molecule has 20 heavy (non-hydrogen) atoms. The molecule has 0 atom stereocenters. The summed E-state index contributed by atoms with van der Waals surface area (Å²) in [5.74, 6) is -2.13. The SMILES string of the molecule is Cc1cc(F)cc(C(=O)Nc2ccc(C(=O)O)nc2)c1. The number of anilines is 1. The fourth-order valence-corrected chi connectivity index (χ4v) is 1.67. The van der Waals surface area contributed by atoms with E-state index in [-0.39, 0.29) is 11.3 Å². The zero-order chi connectivity index (χ0) is 14.7. The van der Waals surface area contributed by atoms with Crippen LogP contribution >= 0.6 is 0 Å². The highest BCUT2D eigenvalue weighted by Gasteiger charge is 2.09. The van der Waals surface area contributed by atoms with Gasteiger partial charge >= 0.3 is 5.97 Å².